The van der Waals surface area contributed by atoms with E-state index in [0.717, 1.165) is 6.07 Å². The van der Waals surface area contributed by atoms with E-state index in [1.165, 1.54) is 37.3 Å². The normalized spacial score (nSPS) is 11.4. The molecule has 10 heteroatoms. The van der Waals surface area contributed by atoms with Crippen LogP contribution >= 0.6 is 0 Å². The number of aliphatic hydroxyl groups excluding tert-OH is 1. The minimum absolute atomic E-state index is 0. The van der Waals surface area contributed by atoms with Gasteiger partial charge < -0.3 is 34.0 Å². The van der Waals surface area contributed by atoms with Crippen LogP contribution in [0.25, 0.3) is 11.0 Å². The number of hydrogen-bond acceptors (Lipinski definition) is 9. The third-order valence-corrected chi connectivity index (χ3v) is 4.74. The predicted octanol–water partition coefficient (Wildman–Crippen LogP) is -1.38. The molecule has 0 spiro atoms. The van der Waals surface area contributed by atoms with Crippen LogP contribution < -0.4 is 49.6 Å². The maximum atomic E-state index is 12.0. The van der Waals surface area contributed by atoms with Gasteiger partial charge in [-0.2, -0.15) is 0 Å². The molecule has 0 radical (unpaired) electrons. The number of aromatic hydroxyl groups is 1. The maximum Gasteiger partial charge on any atom is 1.00 e. The Morgan fingerprint density at radius 1 is 1.18 bits per heavy atom. The minimum atomic E-state index is -1.62. The molecule has 0 aliphatic heterocycles. The topological polar surface area (TPSA) is 146 Å². The predicted molar refractivity (Wildman–Crippen MR) is 116 cm³/mol. The number of ketones is 1. The van der Waals surface area contributed by atoms with Crippen molar-refractivity contribution < 1.29 is 68.4 Å². The van der Waals surface area contributed by atoms with Gasteiger partial charge in [-0.3, -0.25) is 9.59 Å². The number of fused-ring (bicyclic) bond motifs is 1. The number of phenols is 1. The van der Waals surface area contributed by atoms with Crippen LogP contribution in [0.4, 0.5) is 0 Å². The van der Waals surface area contributed by atoms with Crippen LogP contribution in [0.5, 0.6) is 17.2 Å². The van der Waals surface area contributed by atoms with E-state index < -0.39 is 23.3 Å². The summed E-state index contributed by atoms with van der Waals surface area (Å²) in [6, 6.07) is 8.03. The zero-order chi connectivity index (χ0) is 24.1. The van der Waals surface area contributed by atoms with E-state index in [1.807, 2.05) is 0 Å². The number of rotatable bonds is 10. The van der Waals surface area contributed by atoms with Crippen molar-refractivity contribution in [3.05, 3.63) is 76.2 Å². The molecule has 3 rings (SSSR count). The van der Waals surface area contributed by atoms with Crippen LogP contribution in [0.3, 0.4) is 0 Å². The van der Waals surface area contributed by atoms with Crippen molar-refractivity contribution in [1.82, 2.24) is 0 Å². The van der Waals surface area contributed by atoms with Crippen LogP contribution in [0.2, 0.25) is 0 Å². The van der Waals surface area contributed by atoms with Crippen LogP contribution in [0, 0.1) is 0 Å². The summed E-state index contributed by atoms with van der Waals surface area (Å²) in [5.74, 6) is -2.19. The number of phenolic OH excluding ortho intramolecular Hbond substituents is 1. The number of aromatic carboxylic acids is 1. The van der Waals surface area contributed by atoms with Crippen LogP contribution in [-0.2, 0) is 6.42 Å². The Hall–Kier alpha value is -3.11. The molecular formula is C24H21NaO9. The zero-order valence-corrected chi connectivity index (χ0v) is 20.7. The summed E-state index contributed by atoms with van der Waals surface area (Å²) in [6.07, 6.45) is 0.730. The van der Waals surface area contributed by atoms with E-state index in [0.29, 0.717) is 11.3 Å². The van der Waals surface area contributed by atoms with E-state index >= 15 is 0 Å². The summed E-state index contributed by atoms with van der Waals surface area (Å²) in [7, 11) is 0. The number of benzene rings is 2. The van der Waals surface area contributed by atoms with Gasteiger partial charge in [-0.25, -0.2) is 0 Å². The number of carbonyl (C=O) groups excluding carboxylic acids is 2. The van der Waals surface area contributed by atoms with Crippen molar-refractivity contribution in [2.75, 3.05) is 13.2 Å². The Labute approximate surface area is 216 Å². The summed E-state index contributed by atoms with van der Waals surface area (Å²) in [4.78, 5) is 34.6. The van der Waals surface area contributed by atoms with Gasteiger partial charge in [0.05, 0.1) is 10.9 Å². The van der Waals surface area contributed by atoms with Crippen LogP contribution in [0.15, 0.2) is 58.3 Å². The van der Waals surface area contributed by atoms with Gasteiger partial charge in [-0.05, 0) is 37.6 Å². The molecular weight excluding hydrogens is 455 g/mol. The van der Waals surface area contributed by atoms with Gasteiger partial charge in [-0.15, -0.1) is 6.58 Å². The first-order valence-electron chi connectivity index (χ1n) is 9.90. The smallest absolute Gasteiger partial charge is 0.542 e. The quantitative estimate of drug-likeness (QED) is 0.205. The first-order chi connectivity index (χ1) is 15.7. The van der Waals surface area contributed by atoms with Crippen molar-refractivity contribution in [2.45, 2.75) is 19.4 Å². The molecule has 172 valence electrons. The third kappa shape index (κ3) is 6.27. The molecule has 0 fully saturated rings. The molecule has 0 saturated carbocycles. The minimum Gasteiger partial charge on any atom is -0.542 e. The molecule has 3 aromatic rings. The zero-order valence-electron chi connectivity index (χ0n) is 18.7. The molecule has 1 atom stereocenters. The van der Waals surface area contributed by atoms with Crippen LogP contribution in [0.1, 0.15) is 33.4 Å². The average Bonchev–Trinajstić information content (AvgIpc) is 2.77. The fraction of sp³-hybridized carbons (Fsp3) is 0.208. The monoisotopic (exact) mass is 476 g/mol. The molecule has 0 saturated heterocycles. The number of carboxylic acid groups (broad SMARTS) is 1. The second-order valence-corrected chi connectivity index (χ2v) is 7.18. The van der Waals surface area contributed by atoms with Crippen LogP contribution in [-0.4, -0.2) is 41.3 Å². The SMILES string of the molecule is C=CCc1c(OCC(O)COc2ccc3c(=O)cc(C(=O)[O-])oc3c2)ccc(C(C)=O)c1O.[Na+]. The molecule has 1 unspecified atom stereocenters. The molecule has 34 heavy (non-hydrogen) atoms. The van der Waals surface area contributed by atoms with Gasteiger partial charge >= 0.3 is 29.6 Å². The van der Waals surface area contributed by atoms with Crippen molar-refractivity contribution in [2.24, 2.45) is 0 Å². The van der Waals surface area contributed by atoms with Gasteiger partial charge in [0.25, 0.3) is 0 Å². The second-order valence-electron chi connectivity index (χ2n) is 7.18. The molecule has 0 bridgehead atoms. The van der Waals surface area contributed by atoms with Crippen molar-refractivity contribution in [3.63, 3.8) is 0 Å². The number of allylic oxidation sites excluding steroid dienone is 1. The molecule has 1 aromatic heterocycles. The first-order valence-corrected chi connectivity index (χ1v) is 9.90. The summed E-state index contributed by atoms with van der Waals surface area (Å²) < 4.78 is 16.2. The molecule has 1 heterocycles. The number of ether oxygens (including phenoxy) is 2. The van der Waals surface area contributed by atoms with Crippen molar-refractivity contribution in [3.8, 4) is 17.2 Å². The Kier molecular flexibility index (Phi) is 9.46. The summed E-state index contributed by atoms with van der Waals surface area (Å²) >= 11 is 0. The summed E-state index contributed by atoms with van der Waals surface area (Å²) in [6.45, 7) is 4.60. The fourth-order valence-electron chi connectivity index (χ4n) is 3.13. The van der Waals surface area contributed by atoms with Crippen molar-refractivity contribution in [1.29, 1.82) is 0 Å². The van der Waals surface area contributed by atoms with Gasteiger partial charge in [0.15, 0.2) is 17.0 Å². The van der Waals surface area contributed by atoms with Gasteiger partial charge in [0.1, 0.15) is 48.1 Å². The average molecular weight is 476 g/mol. The largest absolute Gasteiger partial charge is 1.00 e. The standard InChI is InChI=1S/C24H22O9.Na/c1-3-4-18-20(8-7-16(13(2)25)23(18)28)32-12-14(26)11-31-15-5-6-17-19(27)10-22(24(29)30)33-21(17)9-15;/h3,5-10,14,26,28H,1,4,11-12H2,2H3,(H,29,30);/q;+1/p-1. The second kappa shape index (κ2) is 11.8. The fourth-order valence-corrected chi connectivity index (χ4v) is 3.13. The summed E-state index contributed by atoms with van der Waals surface area (Å²) in [5.41, 5.74) is -0.00294. The van der Waals surface area contributed by atoms with Gasteiger partial charge in [-0.1, -0.05) is 6.08 Å². The number of carbonyl (C=O) groups is 2. The van der Waals surface area contributed by atoms with E-state index in [1.54, 1.807) is 6.08 Å². The third-order valence-electron chi connectivity index (χ3n) is 4.74. The van der Waals surface area contributed by atoms with Gasteiger partial charge in [0, 0.05) is 17.7 Å². The number of carboxylic acids is 1. The first kappa shape index (κ1) is 27.1. The Balaban J connectivity index is 0.00000408. The van der Waals surface area contributed by atoms with E-state index in [2.05, 4.69) is 6.58 Å². The Morgan fingerprint density at radius 3 is 2.53 bits per heavy atom. The maximum absolute atomic E-state index is 12.0. The molecule has 2 N–H and O–H groups in total. The summed E-state index contributed by atoms with van der Waals surface area (Å²) in [5, 5.41) is 31.7. The molecule has 0 aliphatic rings. The molecule has 9 nitrogen and oxygen atoms in total. The Bertz CT molecular complexity index is 1280. The number of Topliss-reactive ketones (excluding diaryl/α,β-unsaturated/α-hetero) is 1. The Morgan fingerprint density at radius 2 is 1.88 bits per heavy atom. The van der Waals surface area contributed by atoms with Gasteiger partial charge in [0.2, 0.25) is 0 Å². The van der Waals surface area contributed by atoms with Crippen molar-refractivity contribution >= 4 is 22.7 Å². The molecule has 0 aliphatic carbocycles. The molecule has 2 aromatic carbocycles. The molecule has 0 amide bonds. The number of hydrogen-bond donors (Lipinski definition) is 2. The number of aliphatic hydroxyl groups is 1. The van der Waals surface area contributed by atoms with E-state index in [-0.39, 0.29) is 83.0 Å². The van der Waals surface area contributed by atoms with E-state index in [9.17, 15) is 29.7 Å². The van der Waals surface area contributed by atoms with E-state index in [4.69, 9.17) is 13.9 Å².